The van der Waals surface area contributed by atoms with Crippen LogP contribution in [-0.2, 0) is 4.79 Å². The highest BCUT2D eigenvalue weighted by Crippen LogP contribution is 2.30. The van der Waals surface area contributed by atoms with Gasteiger partial charge in [0, 0.05) is 28.6 Å². The third-order valence-electron chi connectivity index (χ3n) is 3.20. The highest BCUT2D eigenvalue weighted by Gasteiger charge is 2.28. The Labute approximate surface area is 123 Å². The Morgan fingerprint density at radius 1 is 1.42 bits per heavy atom. The molecule has 104 valence electrons. The van der Waals surface area contributed by atoms with Crippen LogP contribution in [0.2, 0.25) is 0 Å². The van der Waals surface area contributed by atoms with Crippen LogP contribution in [0.5, 0.6) is 0 Å². The summed E-state index contributed by atoms with van der Waals surface area (Å²) in [5, 5.41) is 3.80. The van der Waals surface area contributed by atoms with Crippen LogP contribution in [0.3, 0.4) is 0 Å². The van der Waals surface area contributed by atoms with Gasteiger partial charge < -0.3 is 5.32 Å². The van der Waals surface area contributed by atoms with Crippen molar-refractivity contribution in [2.24, 2.45) is 0 Å². The highest BCUT2D eigenvalue weighted by atomic mass is 32.2. The Kier molecular flexibility index (Phi) is 6.04. The fourth-order valence-corrected chi connectivity index (χ4v) is 4.23. The SMILES string of the molecule is CCS[C@H]1CCC[C@H]1NC(=O)CSc1ccncc1. The summed E-state index contributed by atoms with van der Waals surface area (Å²) in [4.78, 5) is 17.0. The Morgan fingerprint density at radius 3 is 2.95 bits per heavy atom. The summed E-state index contributed by atoms with van der Waals surface area (Å²) in [6.07, 6.45) is 7.11. The second-order valence-electron chi connectivity index (χ2n) is 4.57. The molecule has 1 N–H and O–H groups in total. The van der Waals surface area contributed by atoms with Gasteiger partial charge in [-0.05, 0) is 30.7 Å². The third kappa shape index (κ3) is 4.73. The van der Waals surface area contributed by atoms with Crippen LogP contribution in [0, 0.1) is 0 Å². The van der Waals surface area contributed by atoms with Crippen molar-refractivity contribution >= 4 is 29.4 Å². The van der Waals surface area contributed by atoms with E-state index in [1.165, 1.54) is 12.8 Å². The highest BCUT2D eigenvalue weighted by molar-refractivity contribution is 8.00. The van der Waals surface area contributed by atoms with Gasteiger partial charge in [-0.2, -0.15) is 11.8 Å². The largest absolute Gasteiger partial charge is 0.352 e. The first-order chi connectivity index (χ1) is 9.29. The van der Waals surface area contributed by atoms with Gasteiger partial charge in [0.1, 0.15) is 0 Å². The van der Waals surface area contributed by atoms with Gasteiger partial charge in [0.05, 0.1) is 5.75 Å². The molecule has 0 spiro atoms. The van der Waals surface area contributed by atoms with Gasteiger partial charge in [0.2, 0.25) is 5.91 Å². The number of nitrogens with one attached hydrogen (secondary N) is 1. The predicted molar refractivity (Wildman–Crippen MR) is 82.7 cm³/mol. The zero-order chi connectivity index (χ0) is 13.5. The maximum atomic E-state index is 12.0. The Balaban J connectivity index is 1.75. The summed E-state index contributed by atoms with van der Waals surface area (Å²) >= 11 is 3.54. The monoisotopic (exact) mass is 296 g/mol. The maximum absolute atomic E-state index is 12.0. The summed E-state index contributed by atoms with van der Waals surface area (Å²) in [5.74, 6) is 1.77. The van der Waals surface area contributed by atoms with Gasteiger partial charge in [0.25, 0.3) is 0 Å². The van der Waals surface area contributed by atoms with Crippen molar-refractivity contribution in [3.8, 4) is 0 Å². The molecule has 1 heterocycles. The molecule has 2 rings (SSSR count). The minimum atomic E-state index is 0.149. The predicted octanol–water partition coefficient (Wildman–Crippen LogP) is 2.96. The number of carbonyl (C=O) groups is 1. The summed E-state index contributed by atoms with van der Waals surface area (Å²) in [6, 6.07) is 4.24. The quantitative estimate of drug-likeness (QED) is 0.820. The molecule has 1 aliphatic rings. The van der Waals surface area contributed by atoms with Gasteiger partial charge in [0.15, 0.2) is 0 Å². The summed E-state index contributed by atoms with van der Waals surface area (Å²) in [6.45, 7) is 2.18. The number of rotatable bonds is 6. The second kappa shape index (κ2) is 7.80. The first-order valence-electron chi connectivity index (χ1n) is 6.73. The number of aromatic nitrogens is 1. The van der Waals surface area contributed by atoms with Crippen LogP contribution < -0.4 is 5.32 Å². The topological polar surface area (TPSA) is 42.0 Å². The van der Waals surface area contributed by atoms with Crippen molar-refractivity contribution in [3.63, 3.8) is 0 Å². The van der Waals surface area contributed by atoms with Crippen molar-refractivity contribution in [1.29, 1.82) is 0 Å². The van der Waals surface area contributed by atoms with Gasteiger partial charge in [-0.1, -0.05) is 13.3 Å². The first kappa shape index (κ1) is 14.7. The van der Waals surface area contributed by atoms with E-state index in [9.17, 15) is 4.79 Å². The van der Waals surface area contributed by atoms with Crippen LogP contribution >= 0.6 is 23.5 Å². The molecule has 0 bridgehead atoms. The van der Waals surface area contributed by atoms with E-state index in [1.807, 2.05) is 23.9 Å². The molecular weight excluding hydrogens is 276 g/mol. The molecule has 0 aliphatic heterocycles. The van der Waals surface area contributed by atoms with E-state index >= 15 is 0 Å². The minimum Gasteiger partial charge on any atom is -0.352 e. The molecular formula is C14H20N2OS2. The number of amides is 1. The second-order valence-corrected chi connectivity index (χ2v) is 7.14. The van der Waals surface area contributed by atoms with Gasteiger partial charge >= 0.3 is 0 Å². The van der Waals surface area contributed by atoms with Gasteiger partial charge in [-0.25, -0.2) is 0 Å². The fourth-order valence-electron chi connectivity index (χ4n) is 2.34. The van der Waals surface area contributed by atoms with Crippen LogP contribution in [0.1, 0.15) is 26.2 Å². The molecule has 1 fully saturated rings. The molecule has 2 atom stereocenters. The lowest BCUT2D eigenvalue weighted by molar-refractivity contribution is -0.119. The molecule has 0 saturated heterocycles. The smallest absolute Gasteiger partial charge is 0.230 e. The normalized spacial score (nSPS) is 22.4. The molecule has 1 saturated carbocycles. The van der Waals surface area contributed by atoms with Crippen LogP contribution in [0.25, 0.3) is 0 Å². The Morgan fingerprint density at radius 2 is 2.21 bits per heavy atom. The summed E-state index contributed by atoms with van der Waals surface area (Å²) in [7, 11) is 0. The standard InChI is InChI=1S/C14H20N2OS2/c1-2-18-13-5-3-4-12(13)16-14(17)10-19-11-6-8-15-9-7-11/h6-9,12-13H,2-5,10H2,1H3,(H,16,17)/t12-,13+/m1/s1. The first-order valence-corrected chi connectivity index (χ1v) is 8.77. The number of hydrogen-bond acceptors (Lipinski definition) is 4. The van der Waals surface area contributed by atoms with E-state index < -0.39 is 0 Å². The van der Waals surface area contributed by atoms with Gasteiger partial charge in [-0.3, -0.25) is 9.78 Å². The number of thioether (sulfide) groups is 2. The van der Waals surface area contributed by atoms with Crippen molar-refractivity contribution in [3.05, 3.63) is 24.5 Å². The van der Waals surface area contributed by atoms with Crippen LogP contribution in [-0.4, -0.2) is 33.7 Å². The zero-order valence-corrected chi connectivity index (χ0v) is 12.8. The molecule has 0 aromatic carbocycles. The molecule has 3 nitrogen and oxygen atoms in total. The van der Waals surface area contributed by atoms with E-state index in [2.05, 4.69) is 17.2 Å². The van der Waals surface area contributed by atoms with E-state index in [0.717, 1.165) is 17.1 Å². The third-order valence-corrected chi connectivity index (χ3v) is 5.54. The van der Waals surface area contributed by atoms with Crippen LogP contribution in [0.15, 0.2) is 29.4 Å². The number of pyridine rings is 1. The molecule has 1 amide bonds. The summed E-state index contributed by atoms with van der Waals surface area (Å²) < 4.78 is 0. The zero-order valence-electron chi connectivity index (χ0n) is 11.2. The fraction of sp³-hybridized carbons (Fsp3) is 0.571. The molecule has 1 aromatic rings. The minimum absolute atomic E-state index is 0.149. The number of carbonyl (C=O) groups excluding carboxylic acids is 1. The number of nitrogens with zero attached hydrogens (tertiary/aromatic N) is 1. The van der Waals surface area contributed by atoms with E-state index in [-0.39, 0.29) is 5.91 Å². The average molecular weight is 296 g/mol. The van der Waals surface area contributed by atoms with Crippen molar-refractivity contribution in [2.75, 3.05) is 11.5 Å². The van der Waals surface area contributed by atoms with E-state index in [1.54, 1.807) is 24.2 Å². The molecule has 5 heteroatoms. The average Bonchev–Trinajstić information content (AvgIpc) is 2.85. The van der Waals surface area contributed by atoms with Crippen molar-refractivity contribution in [1.82, 2.24) is 10.3 Å². The molecule has 0 unspecified atom stereocenters. The van der Waals surface area contributed by atoms with Crippen molar-refractivity contribution in [2.45, 2.75) is 42.4 Å². The number of hydrogen-bond donors (Lipinski definition) is 1. The van der Waals surface area contributed by atoms with Crippen LogP contribution in [0.4, 0.5) is 0 Å². The Hall–Kier alpha value is -0.680. The molecule has 1 aliphatic carbocycles. The maximum Gasteiger partial charge on any atom is 0.230 e. The molecule has 0 radical (unpaired) electrons. The lowest BCUT2D eigenvalue weighted by Crippen LogP contribution is -2.39. The van der Waals surface area contributed by atoms with Crippen molar-refractivity contribution < 1.29 is 4.79 Å². The molecule has 1 aromatic heterocycles. The lowest BCUT2D eigenvalue weighted by atomic mass is 10.2. The molecule has 19 heavy (non-hydrogen) atoms. The van der Waals surface area contributed by atoms with Gasteiger partial charge in [-0.15, -0.1) is 11.8 Å². The lowest BCUT2D eigenvalue weighted by Gasteiger charge is -2.20. The Bertz CT molecular complexity index is 400. The van der Waals surface area contributed by atoms with E-state index in [0.29, 0.717) is 17.0 Å². The summed E-state index contributed by atoms with van der Waals surface area (Å²) in [5.41, 5.74) is 0. The van der Waals surface area contributed by atoms with E-state index in [4.69, 9.17) is 0 Å².